The van der Waals surface area contributed by atoms with Gasteiger partial charge in [0.25, 0.3) is 0 Å². The summed E-state index contributed by atoms with van der Waals surface area (Å²) in [5.74, 6) is -0.00558. The van der Waals surface area contributed by atoms with Crippen molar-refractivity contribution in [3.8, 4) is 0 Å². The number of rotatable bonds is 2. The molecule has 1 rings (SSSR count). The summed E-state index contributed by atoms with van der Waals surface area (Å²) in [6, 6.07) is -0.102. The minimum Gasteiger partial charge on any atom is -0.392 e. The molecule has 88 valence electrons. The average molecular weight is 214 g/mol. The second-order valence-corrected chi connectivity index (χ2v) is 5.45. The van der Waals surface area contributed by atoms with Gasteiger partial charge in [-0.1, -0.05) is 20.8 Å². The van der Waals surface area contributed by atoms with Crippen LogP contribution in [0.1, 0.15) is 34.1 Å². The predicted molar refractivity (Wildman–Crippen MR) is 59.5 cm³/mol. The summed E-state index contributed by atoms with van der Waals surface area (Å²) >= 11 is 0. The van der Waals surface area contributed by atoms with Gasteiger partial charge in [0.1, 0.15) is 0 Å². The summed E-state index contributed by atoms with van der Waals surface area (Å²) in [5, 5.41) is 15.3. The zero-order valence-electron chi connectivity index (χ0n) is 10.0. The van der Waals surface area contributed by atoms with E-state index in [1.165, 1.54) is 0 Å². The van der Waals surface area contributed by atoms with Crippen LogP contribution in [0.15, 0.2) is 0 Å². The Labute approximate surface area is 91.4 Å². The molecule has 1 aliphatic rings. The molecular weight excluding hydrogens is 192 g/mol. The van der Waals surface area contributed by atoms with Gasteiger partial charge in [-0.3, -0.25) is 4.79 Å². The Morgan fingerprint density at radius 2 is 2.13 bits per heavy atom. The molecule has 0 aromatic heterocycles. The summed E-state index contributed by atoms with van der Waals surface area (Å²) in [5.41, 5.74) is 0.0624. The molecule has 1 heterocycles. The van der Waals surface area contributed by atoms with Crippen molar-refractivity contribution in [1.82, 2.24) is 10.6 Å². The predicted octanol–water partition coefficient (Wildman–Crippen LogP) is 0.260. The Balaban J connectivity index is 2.42. The van der Waals surface area contributed by atoms with Crippen LogP contribution in [-0.2, 0) is 4.79 Å². The van der Waals surface area contributed by atoms with Crippen molar-refractivity contribution < 1.29 is 9.90 Å². The van der Waals surface area contributed by atoms with E-state index in [2.05, 4.69) is 31.4 Å². The monoisotopic (exact) mass is 214 g/mol. The topological polar surface area (TPSA) is 61.4 Å². The summed E-state index contributed by atoms with van der Waals surface area (Å²) < 4.78 is 0. The molecule has 4 heteroatoms. The van der Waals surface area contributed by atoms with Gasteiger partial charge in [-0.15, -0.1) is 0 Å². The van der Waals surface area contributed by atoms with Gasteiger partial charge in [0.15, 0.2) is 0 Å². The number of nitrogens with one attached hydrogen (secondary N) is 2. The van der Waals surface area contributed by atoms with Gasteiger partial charge in [0, 0.05) is 12.6 Å². The fourth-order valence-corrected chi connectivity index (χ4v) is 1.45. The largest absolute Gasteiger partial charge is 0.392 e. The van der Waals surface area contributed by atoms with Gasteiger partial charge in [0.2, 0.25) is 5.91 Å². The van der Waals surface area contributed by atoms with Crippen LogP contribution in [0.5, 0.6) is 0 Å². The van der Waals surface area contributed by atoms with Crippen LogP contribution in [0.3, 0.4) is 0 Å². The molecule has 1 saturated heterocycles. The summed E-state index contributed by atoms with van der Waals surface area (Å²) in [4.78, 5) is 11.8. The van der Waals surface area contributed by atoms with Crippen molar-refractivity contribution in [1.29, 1.82) is 0 Å². The van der Waals surface area contributed by atoms with E-state index in [-0.39, 0.29) is 29.5 Å². The average Bonchev–Trinajstić information content (AvgIpc) is 2.50. The number of hydrogen-bond donors (Lipinski definition) is 3. The van der Waals surface area contributed by atoms with E-state index in [9.17, 15) is 9.90 Å². The SMILES string of the molecule is CC(NC(=O)C1CC(O)CN1)C(C)(C)C. The number of amides is 1. The van der Waals surface area contributed by atoms with Crippen molar-refractivity contribution in [3.63, 3.8) is 0 Å². The first-order valence-corrected chi connectivity index (χ1v) is 5.52. The zero-order valence-corrected chi connectivity index (χ0v) is 10.0. The lowest BCUT2D eigenvalue weighted by Gasteiger charge is -2.29. The Bertz CT molecular complexity index is 235. The molecule has 3 atom stereocenters. The number of carbonyl (C=O) groups excluding carboxylic acids is 1. The van der Waals surface area contributed by atoms with Crippen molar-refractivity contribution in [2.45, 2.75) is 52.3 Å². The Kier molecular flexibility index (Phi) is 3.73. The highest BCUT2D eigenvalue weighted by Gasteiger charge is 2.30. The van der Waals surface area contributed by atoms with E-state index in [4.69, 9.17) is 0 Å². The summed E-state index contributed by atoms with van der Waals surface area (Å²) in [6.45, 7) is 8.80. The van der Waals surface area contributed by atoms with E-state index in [0.717, 1.165) is 0 Å². The number of aliphatic hydroxyl groups is 1. The maximum atomic E-state index is 11.8. The van der Waals surface area contributed by atoms with Gasteiger partial charge < -0.3 is 15.7 Å². The normalized spacial score (nSPS) is 28.9. The van der Waals surface area contributed by atoms with Crippen LogP contribution in [0.2, 0.25) is 0 Å². The fourth-order valence-electron chi connectivity index (χ4n) is 1.45. The maximum Gasteiger partial charge on any atom is 0.237 e. The second kappa shape index (κ2) is 4.49. The van der Waals surface area contributed by atoms with E-state index in [1.807, 2.05) is 6.92 Å². The van der Waals surface area contributed by atoms with Gasteiger partial charge in [-0.25, -0.2) is 0 Å². The third-order valence-corrected chi connectivity index (χ3v) is 3.08. The van der Waals surface area contributed by atoms with Crippen LogP contribution in [-0.4, -0.2) is 35.7 Å². The smallest absolute Gasteiger partial charge is 0.237 e. The quantitative estimate of drug-likeness (QED) is 0.618. The van der Waals surface area contributed by atoms with Crippen LogP contribution in [0.25, 0.3) is 0 Å². The molecule has 0 aromatic rings. The number of β-amino-alcohol motifs (C(OH)–C–C–N with tert-alkyl or cyclic N) is 1. The van der Waals surface area contributed by atoms with Gasteiger partial charge >= 0.3 is 0 Å². The van der Waals surface area contributed by atoms with Crippen molar-refractivity contribution in [2.75, 3.05) is 6.54 Å². The van der Waals surface area contributed by atoms with Crippen molar-refractivity contribution in [2.24, 2.45) is 5.41 Å². The molecule has 1 aliphatic heterocycles. The number of carbonyl (C=O) groups is 1. The standard InChI is InChI=1S/C11H22N2O2/c1-7(11(2,3)4)13-10(15)9-5-8(14)6-12-9/h7-9,12,14H,5-6H2,1-4H3,(H,13,15). The van der Waals surface area contributed by atoms with Gasteiger partial charge in [-0.2, -0.15) is 0 Å². The Hall–Kier alpha value is -0.610. The van der Waals surface area contributed by atoms with E-state index < -0.39 is 0 Å². The number of aliphatic hydroxyl groups excluding tert-OH is 1. The molecule has 0 aliphatic carbocycles. The van der Waals surface area contributed by atoms with Crippen molar-refractivity contribution in [3.05, 3.63) is 0 Å². The molecule has 1 amide bonds. The molecule has 4 nitrogen and oxygen atoms in total. The summed E-state index contributed by atoms with van der Waals surface area (Å²) in [7, 11) is 0. The molecule has 0 bridgehead atoms. The van der Waals surface area contributed by atoms with Gasteiger partial charge in [0.05, 0.1) is 12.1 Å². The van der Waals surface area contributed by atoms with E-state index >= 15 is 0 Å². The number of hydrogen-bond acceptors (Lipinski definition) is 3. The molecule has 0 aromatic carbocycles. The molecule has 0 spiro atoms. The minimum atomic E-state index is -0.384. The van der Waals surface area contributed by atoms with Gasteiger partial charge in [-0.05, 0) is 18.8 Å². The third-order valence-electron chi connectivity index (χ3n) is 3.08. The molecule has 15 heavy (non-hydrogen) atoms. The van der Waals surface area contributed by atoms with Crippen LogP contribution in [0.4, 0.5) is 0 Å². The third kappa shape index (κ3) is 3.47. The molecule has 3 N–H and O–H groups in total. The molecular formula is C11H22N2O2. The van der Waals surface area contributed by atoms with E-state index in [1.54, 1.807) is 0 Å². The highest BCUT2D eigenvalue weighted by Crippen LogP contribution is 2.19. The molecule has 3 unspecified atom stereocenters. The second-order valence-electron chi connectivity index (χ2n) is 5.45. The van der Waals surface area contributed by atoms with Crippen LogP contribution in [0, 0.1) is 5.41 Å². The first kappa shape index (κ1) is 12.5. The highest BCUT2D eigenvalue weighted by atomic mass is 16.3. The maximum absolute atomic E-state index is 11.8. The Morgan fingerprint density at radius 1 is 1.53 bits per heavy atom. The zero-order chi connectivity index (χ0) is 11.6. The van der Waals surface area contributed by atoms with Crippen LogP contribution >= 0.6 is 0 Å². The first-order valence-electron chi connectivity index (χ1n) is 5.52. The highest BCUT2D eigenvalue weighted by molar-refractivity contribution is 5.82. The molecule has 1 fully saturated rings. The lowest BCUT2D eigenvalue weighted by molar-refractivity contribution is -0.124. The first-order chi connectivity index (χ1) is 6.80. The lowest BCUT2D eigenvalue weighted by Crippen LogP contribution is -2.48. The fraction of sp³-hybridized carbons (Fsp3) is 0.909. The summed E-state index contributed by atoms with van der Waals surface area (Å²) in [6.07, 6.45) is 0.133. The molecule has 0 saturated carbocycles. The lowest BCUT2D eigenvalue weighted by atomic mass is 9.88. The Morgan fingerprint density at radius 3 is 2.53 bits per heavy atom. The van der Waals surface area contributed by atoms with Crippen molar-refractivity contribution >= 4 is 5.91 Å². The van der Waals surface area contributed by atoms with E-state index in [0.29, 0.717) is 13.0 Å². The van der Waals surface area contributed by atoms with Crippen LogP contribution < -0.4 is 10.6 Å². The molecule has 0 radical (unpaired) electrons. The minimum absolute atomic E-state index is 0.00558.